The van der Waals surface area contributed by atoms with E-state index in [0.717, 1.165) is 11.1 Å². The number of carboxylic acid groups (broad SMARTS) is 4. The Morgan fingerprint density at radius 1 is 0.902 bits per heavy atom. The smallest absolute Gasteiger partial charge is 0.326 e. The van der Waals surface area contributed by atoms with E-state index in [4.69, 9.17) is 31.9 Å². The number of aromatic nitrogens is 3. The lowest BCUT2D eigenvalue weighted by molar-refractivity contribution is -0.142. The Labute approximate surface area is 231 Å². The number of carbonyl (C=O) groups excluding carboxylic acids is 1. The van der Waals surface area contributed by atoms with Gasteiger partial charge in [-0.15, -0.1) is 0 Å². The molecule has 0 aliphatic rings. The first-order valence-electron chi connectivity index (χ1n) is 12.2. The van der Waals surface area contributed by atoms with Gasteiger partial charge < -0.3 is 42.2 Å². The molecule has 3 aromatic rings. The second kappa shape index (κ2) is 14.8. The minimum absolute atomic E-state index is 0.0231. The first kappa shape index (κ1) is 32.0. The van der Waals surface area contributed by atoms with E-state index in [2.05, 4.69) is 20.3 Å². The third-order valence-corrected chi connectivity index (χ3v) is 5.78. The average Bonchev–Trinajstić information content (AvgIpc) is 3.31. The fourth-order valence-electron chi connectivity index (χ4n) is 3.59. The summed E-state index contributed by atoms with van der Waals surface area (Å²) < 4.78 is 0. The Hall–Kier alpha value is -5.25. The number of carbonyl (C=O) groups is 5. The van der Waals surface area contributed by atoms with E-state index >= 15 is 0 Å². The van der Waals surface area contributed by atoms with Crippen molar-refractivity contribution in [3.05, 3.63) is 57.5 Å². The van der Waals surface area contributed by atoms with Crippen LogP contribution in [0.3, 0.4) is 0 Å². The molecule has 2 aromatic heterocycles. The van der Waals surface area contributed by atoms with Crippen LogP contribution in [0.1, 0.15) is 47.2 Å². The molecular formula is C25H30N6O10. The summed E-state index contributed by atoms with van der Waals surface area (Å²) in [7, 11) is 0. The van der Waals surface area contributed by atoms with Crippen molar-refractivity contribution < 1.29 is 44.4 Å². The molecule has 0 fully saturated rings. The first-order valence-corrected chi connectivity index (χ1v) is 12.2. The van der Waals surface area contributed by atoms with Crippen LogP contribution in [-0.2, 0) is 32.0 Å². The van der Waals surface area contributed by atoms with Gasteiger partial charge in [-0.2, -0.15) is 4.98 Å². The minimum atomic E-state index is -1.30. The number of nitrogens with zero attached hydrogens (tertiary/aromatic N) is 1. The van der Waals surface area contributed by atoms with Crippen molar-refractivity contribution in [2.45, 2.75) is 50.6 Å². The standard InChI is InChI=1S/C20H21N5O6.C5H9NO4/c21-20-24-16-15(18(29)25-20)12(9-22-16)6-3-10-1-4-11(5-2-10)17(28)23-13(19(30)31)7-8-14(26)27;6-3(5(9)10)1-2-4(7)8/h1-2,4-5,9,13H,3,6-8H2,(H,23,28)(H,26,27)(H,30,31)(H4,21,22,24,25,29);3H,1-2,6H2,(H,7,8)(H,9,10)/t13-;/m0./s1. The molecule has 0 radical (unpaired) electrons. The van der Waals surface area contributed by atoms with Crippen LogP contribution in [-0.4, -0.2) is 77.2 Å². The van der Waals surface area contributed by atoms with Crippen molar-refractivity contribution in [1.82, 2.24) is 20.3 Å². The number of benzene rings is 1. The monoisotopic (exact) mass is 574 g/mol. The van der Waals surface area contributed by atoms with Crippen molar-refractivity contribution in [2.75, 3.05) is 5.73 Å². The number of hydrogen-bond acceptors (Lipinski definition) is 9. The normalized spacial score (nSPS) is 12.0. The number of hydrogen-bond donors (Lipinski definition) is 9. The molecule has 1 amide bonds. The highest BCUT2D eigenvalue weighted by molar-refractivity contribution is 5.96. The SMILES string of the molecule is NC(CCC(=O)O)C(=O)O.Nc1nc2[nH]cc(CCc3ccc(C(=O)N[C@@H](CCC(=O)O)C(=O)O)cc3)c2c(=O)[nH]1. The van der Waals surface area contributed by atoms with E-state index in [-0.39, 0.29) is 42.8 Å². The van der Waals surface area contributed by atoms with E-state index < -0.39 is 41.9 Å². The Kier molecular flexibility index (Phi) is 11.5. The van der Waals surface area contributed by atoms with Crippen LogP contribution in [0.15, 0.2) is 35.3 Å². The molecule has 3 rings (SSSR count). The quantitative estimate of drug-likeness (QED) is 0.129. The number of nitrogens with one attached hydrogen (secondary N) is 3. The lowest BCUT2D eigenvalue weighted by Gasteiger charge is -2.13. The number of nitrogens with two attached hydrogens (primary N) is 2. The molecule has 1 unspecified atom stereocenters. The molecule has 220 valence electrons. The van der Waals surface area contributed by atoms with Gasteiger partial charge in [-0.05, 0) is 48.9 Å². The maximum absolute atomic E-state index is 12.3. The number of amides is 1. The van der Waals surface area contributed by atoms with Crippen LogP contribution in [0.2, 0.25) is 0 Å². The molecule has 0 bridgehead atoms. The van der Waals surface area contributed by atoms with Crippen LogP contribution in [0.4, 0.5) is 5.95 Å². The zero-order valence-corrected chi connectivity index (χ0v) is 21.6. The number of aliphatic carboxylic acids is 4. The summed E-state index contributed by atoms with van der Waals surface area (Å²) >= 11 is 0. The number of aromatic amines is 2. The Morgan fingerprint density at radius 3 is 2.07 bits per heavy atom. The fourth-order valence-corrected chi connectivity index (χ4v) is 3.59. The van der Waals surface area contributed by atoms with Gasteiger partial charge >= 0.3 is 23.9 Å². The highest BCUT2D eigenvalue weighted by atomic mass is 16.4. The molecule has 0 saturated carbocycles. The molecule has 11 N–H and O–H groups in total. The van der Waals surface area contributed by atoms with Gasteiger partial charge in [0.15, 0.2) is 0 Å². The number of carboxylic acids is 4. The second-order valence-electron chi connectivity index (χ2n) is 8.86. The summed E-state index contributed by atoms with van der Waals surface area (Å²) in [6, 6.07) is 4.24. The zero-order valence-electron chi connectivity index (χ0n) is 21.6. The third kappa shape index (κ3) is 10.1. The summed E-state index contributed by atoms with van der Waals surface area (Å²) in [6.07, 6.45) is 2.05. The lowest BCUT2D eigenvalue weighted by Crippen LogP contribution is -2.41. The van der Waals surface area contributed by atoms with Crippen molar-refractivity contribution in [1.29, 1.82) is 0 Å². The van der Waals surface area contributed by atoms with Crippen LogP contribution in [0.5, 0.6) is 0 Å². The van der Waals surface area contributed by atoms with Gasteiger partial charge in [0.1, 0.15) is 17.7 Å². The van der Waals surface area contributed by atoms with Crippen LogP contribution >= 0.6 is 0 Å². The highest BCUT2D eigenvalue weighted by Crippen LogP contribution is 2.16. The van der Waals surface area contributed by atoms with E-state index in [0.29, 0.717) is 23.9 Å². The van der Waals surface area contributed by atoms with Gasteiger partial charge in [-0.3, -0.25) is 29.0 Å². The molecule has 41 heavy (non-hydrogen) atoms. The van der Waals surface area contributed by atoms with Gasteiger partial charge in [-0.25, -0.2) is 4.79 Å². The molecule has 0 aliphatic carbocycles. The average molecular weight is 575 g/mol. The molecule has 0 aliphatic heterocycles. The van der Waals surface area contributed by atoms with Crippen molar-refractivity contribution in [3.63, 3.8) is 0 Å². The van der Waals surface area contributed by atoms with Crippen LogP contribution in [0, 0.1) is 0 Å². The highest BCUT2D eigenvalue weighted by Gasteiger charge is 2.21. The van der Waals surface area contributed by atoms with Gasteiger partial charge in [0.2, 0.25) is 5.95 Å². The summed E-state index contributed by atoms with van der Waals surface area (Å²) in [5, 5.41) is 36.9. The predicted molar refractivity (Wildman–Crippen MR) is 143 cm³/mol. The van der Waals surface area contributed by atoms with Gasteiger partial charge in [0.05, 0.1) is 5.39 Å². The maximum Gasteiger partial charge on any atom is 0.326 e. The van der Waals surface area contributed by atoms with Crippen molar-refractivity contribution in [2.24, 2.45) is 5.73 Å². The predicted octanol–water partition coefficient (Wildman–Crippen LogP) is -0.0705. The molecule has 2 heterocycles. The summed E-state index contributed by atoms with van der Waals surface area (Å²) in [4.78, 5) is 75.6. The van der Waals surface area contributed by atoms with Crippen molar-refractivity contribution >= 4 is 46.8 Å². The molecule has 16 nitrogen and oxygen atoms in total. The number of H-pyrrole nitrogens is 2. The van der Waals surface area contributed by atoms with Crippen LogP contribution in [0.25, 0.3) is 11.0 Å². The Balaban J connectivity index is 0.000000503. The maximum atomic E-state index is 12.3. The Morgan fingerprint density at radius 2 is 1.51 bits per heavy atom. The molecule has 2 atom stereocenters. The third-order valence-electron chi connectivity index (χ3n) is 5.78. The summed E-state index contributed by atoms with van der Waals surface area (Å²) in [5.74, 6) is -5.19. The van der Waals surface area contributed by atoms with Gasteiger partial charge in [0, 0.05) is 24.6 Å². The molecule has 16 heteroatoms. The number of nitrogen functional groups attached to an aromatic ring is 1. The van der Waals surface area contributed by atoms with E-state index in [1.165, 1.54) is 0 Å². The molecule has 0 saturated heterocycles. The Bertz CT molecular complexity index is 1460. The summed E-state index contributed by atoms with van der Waals surface area (Å²) in [5.41, 5.74) is 12.6. The van der Waals surface area contributed by atoms with Crippen LogP contribution < -0.4 is 22.3 Å². The zero-order chi connectivity index (χ0) is 30.7. The second-order valence-corrected chi connectivity index (χ2v) is 8.86. The first-order chi connectivity index (χ1) is 19.3. The van der Waals surface area contributed by atoms with Crippen molar-refractivity contribution in [3.8, 4) is 0 Å². The van der Waals surface area contributed by atoms with Gasteiger partial charge in [0.25, 0.3) is 11.5 Å². The van der Waals surface area contributed by atoms with E-state index in [9.17, 15) is 28.8 Å². The molecular weight excluding hydrogens is 544 g/mol. The summed E-state index contributed by atoms with van der Waals surface area (Å²) in [6.45, 7) is 0. The fraction of sp³-hybridized carbons (Fsp3) is 0.320. The molecule has 0 spiro atoms. The van der Waals surface area contributed by atoms with E-state index in [1.807, 2.05) is 0 Å². The topological polar surface area (TPSA) is 292 Å². The largest absolute Gasteiger partial charge is 0.481 e. The minimum Gasteiger partial charge on any atom is -0.481 e. The molecule has 1 aromatic carbocycles. The number of anilines is 1. The van der Waals surface area contributed by atoms with Gasteiger partial charge in [-0.1, -0.05) is 12.1 Å². The number of aryl methyl sites for hydroxylation is 2. The van der Waals surface area contributed by atoms with E-state index in [1.54, 1.807) is 30.5 Å². The lowest BCUT2D eigenvalue weighted by atomic mass is 10.0. The number of fused-ring (bicyclic) bond motifs is 1. The number of rotatable bonds is 13.